The van der Waals surface area contributed by atoms with Crippen LogP contribution in [0.4, 0.5) is 0 Å². The quantitative estimate of drug-likeness (QED) is 0.777. The molecule has 0 aliphatic heterocycles. The van der Waals surface area contributed by atoms with E-state index in [1.54, 1.807) is 0 Å². The second-order valence-corrected chi connectivity index (χ2v) is 6.94. The molecule has 25 heavy (non-hydrogen) atoms. The Balaban J connectivity index is 1.66. The number of benzene rings is 2. The van der Waals surface area contributed by atoms with E-state index >= 15 is 0 Å². The van der Waals surface area contributed by atoms with E-state index < -0.39 is 0 Å². The third-order valence-electron chi connectivity index (χ3n) is 4.80. The van der Waals surface area contributed by atoms with Gasteiger partial charge < -0.3 is 10.1 Å². The number of hydrogen-bond donors (Lipinski definition) is 1. The maximum Gasteiger partial charge on any atom is 0.255 e. The van der Waals surface area contributed by atoms with Crippen LogP contribution in [-0.2, 0) is 6.61 Å². The lowest BCUT2D eigenvalue weighted by Crippen LogP contribution is -2.34. The molecular weight excluding hydrogens is 310 g/mol. The first-order valence-electron chi connectivity index (χ1n) is 9.30. The zero-order valence-electron chi connectivity index (χ0n) is 15.0. The molecule has 1 aliphatic carbocycles. The van der Waals surface area contributed by atoms with Crippen LogP contribution < -0.4 is 10.1 Å². The Labute approximate surface area is 150 Å². The largest absolute Gasteiger partial charge is 0.488 e. The standard InChI is InChI=1S/C22H27NO2/c1-17-9-8-10-18(15-17)16-25-21-14-7-6-13-20(21)22(24)23-19-11-4-2-3-5-12-19/h6-10,13-15,19H,2-5,11-12,16H2,1H3,(H,23,24). The third-order valence-corrected chi connectivity index (χ3v) is 4.80. The maximum atomic E-state index is 12.7. The van der Waals surface area contributed by atoms with Gasteiger partial charge in [0.25, 0.3) is 5.91 Å². The van der Waals surface area contributed by atoms with Crippen LogP contribution in [0.5, 0.6) is 5.75 Å². The van der Waals surface area contributed by atoms with E-state index in [1.165, 1.54) is 31.2 Å². The molecule has 1 saturated carbocycles. The van der Waals surface area contributed by atoms with Gasteiger partial charge in [-0.05, 0) is 37.5 Å². The van der Waals surface area contributed by atoms with Crippen molar-refractivity contribution in [2.45, 2.75) is 58.1 Å². The van der Waals surface area contributed by atoms with Crippen LogP contribution >= 0.6 is 0 Å². The van der Waals surface area contributed by atoms with Gasteiger partial charge in [0.15, 0.2) is 0 Å². The van der Waals surface area contributed by atoms with Crippen molar-refractivity contribution in [3.05, 3.63) is 65.2 Å². The highest BCUT2D eigenvalue weighted by Crippen LogP contribution is 2.22. The topological polar surface area (TPSA) is 38.3 Å². The number of rotatable bonds is 5. The molecule has 0 radical (unpaired) electrons. The molecule has 0 bridgehead atoms. The van der Waals surface area contributed by atoms with Gasteiger partial charge in [-0.3, -0.25) is 4.79 Å². The van der Waals surface area contributed by atoms with Crippen molar-refractivity contribution in [1.29, 1.82) is 0 Å². The van der Waals surface area contributed by atoms with Crippen LogP contribution in [0.15, 0.2) is 48.5 Å². The van der Waals surface area contributed by atoms with Gasteiger partial charge in [0.1, 0.15) is 12.4 Å². The van der Waals surface area contributed by atoms with Crippen molar-refractivity contribution >= 4 is 5.91 Å². The molecule has 1 fully saturated rings. The molecule has 0 atom stereocenters. The monoisotopic (exact) mass is 337 g/mol. The van der Waals surface area contributed by atoms with Gasteiger partial charge in [-0.2, -0.15) is 0 Å². The van der Waals surface area contributed by atoms with Gasteiger partial charge >= 0.3 is 0 Å². The van der Waals surface area contributed by atoms with Crippen LogP contribution in [0.3, 0.4) is 0 Å². The molecule has 3 heteroatoms. The number of aryl methyl sites for hydroxylation is 1. The fourth-order valence-corrected chi connectivity index (χ4v) is 3.43. The van der Waals surface area contributed by atoms with E-state index in [-0.39, 0.29) is 5.91 Å². The lowest BCUT2D eigenvalue weighted by atomic mass is 10.1. The summed E-state index contributed by atoms with van der Waals surface area (Å²) in [5, 5.41) is 3.20. The molecule has 3 rings (SSSR count). The molecule has 0 saturated heterocycles. The van der Waals surface area contributed by atoms with Gasteiger partial charge in [-0.25, -0.2) is 0 Å². The maximum absolute atomic E-state index is 12.7. The highest BCUT2D eigenvalue weighted by atomic mass is 16.5. The second-order valence-electron chi connectivity index (χ2n) is 6.94. The molecule has 0 unspecified atom stereocenters. The predicted molar refractivity (Wildman–Crippen MR) is 101 cm³/mol. The molecule has 1 N–H and O–H groups in total. The Morgan fingerprint density at radius 3 is 2.56 bits per heavy atom. The van der Waals surface area contributed by atoms with Crippen molar-refractivity contribution in [3.63, 3.8) is 0 Å². The first-order chi connectivity index (χ1) is 12.2. The van der Waals surface area contributed by atoms with Crippen molar-refractivity contribution in [3.8, 4) is 5.75 Å². The molecule has 0 aromatic heterocycles. The van der Waals surface area contributed by atoms with Gasteiger partial charge in [-0.15, -0.1) is 0 Å². The fourth-order valence-electron chi connectivity index (χ4n) is 3.43. The predicted octanol–water partition coefficient (Wildman–Crippen LogP) is 5.03. The second kappa shape index (κ2) is 8.70. The normalized spacial score (nSPS) is 15.4. The van der Waals surface area contributed by atoms with E-state index in [1.807, 2.05) is 36.4 Å². The summed E-state index contributed by atoms with van der Waals surface area (Å²) in [5.74, 6) is 0.627. The summed E-state index contributed by atoms with van der Waals surface area (Å²) < 4.78 is 5.95. The number of carbonyl (C=O) groups excluding carboxylic acids is 1. The summed E-state index contributed by atoms with van der Waals surface area (Å²) >= 11 is 0. The van der Waals surface area contributed by atoms with Crippen LogP contribution in [0.25, 0.3) is 0 Å². The number of para-hydroxylation sites is 1. The van der Waals surface area contributed by atoms with E-state index in [4.69, 9.17) is 4.74 Å². The SMILES string of the molecule is Cc1cccc(COc2ccccc2C(=O)NC2CCCCCC2)c1. The lowest BCUT2D eigenvalue weighted by molar-refractivity contribution is 0.0929. The summed E-state index contributed by atoms with van der Waals surface area (Å²) in [4.78, 5) is 12.7. The molecule has 132 valence electrons. The number of ether oxygens (including phenoxy) is 1. The highest BCUT2D eigenvalue weighted by molar-refractivity contribution is 5.97. The lowest BCUT2D eigenvalue weighted by Gasteiger charge is -2.18. The summed E-state index contributed by atoms with van der Waals surface area (Å²) in [6.45, 7) is 2.53. The number of nitrogens with one attached hydrogen (secondary N) is 1. The van der Waals surface area contributed by atoms with E-state index in [0.717, 1.165) is 18.4 Å². The van der Waals surface area contributed by atoms with Crippen LogP contribution in [0.1, 0.15) is 60.0 Å². The molecule has 3 nitrogen and oxygen atoms in total. The zero-order chi connectivity index (χ0) is 17.5. The molecular formula is C22H27NO2. The molecule has 2 aromatic rings. The van der Waals surface area contributed by atoms with Gasteiger partial charge in [0.05, 0.1) is 5.56 Å². The molecule has 1 amide bonds. The Kier molecular flexibility index (Phi) is 6.10. The van der Waals surface area contributed by atoms with Crippen LogP contribution in [0, 0.1) is 6.92 Å². The van der Waals surface area contributed by atoms with E-state index in [2.05, 4.69) is 24.4 Å². The van der Waals surface area contributed by atoms with Crippen LogP contribution in [-0.4, -0.2) is 11.9 Å². The Bertz CT molecular complexity index is 703. The number of carbonyl (C=O) groups is 1. The zero-order valence-corrected chi connectivity index (χ0v) is 15.0. The van der Waals surface area contributed by atoms with E-state index in [9.17, 15) is 4.79 Å². The smallest absolute Gasteiger partial charge is 0.255 e. The van der Waals surface area contributed by atoms with E-state index in [0.29, 0.717) is 24.0 Å². The Morgan fingerprint density at radius 2 is 1.80 bits per heavy atom. The average Bonchev–Trinajstić information content (AvgIpc) is 2.89. The Hall–Kier alpha value is -2.29. The Morgan fingerprint density at radius 1 is 1.04 bits per heavy atom. The first-order valence-corrected chi connectivity index (χ1v) is 9.30. The van der Waals surface area contributed by atoms with Crippen molar-refractivity contribution < 1.29 is 9.53 Å². The summed E-state index contributed by atoms with van der Waals surface area (Å²) in [6.07, 6.45) is 7.13. The number of amides is 1. The average molecular weight is 337 g/mol. The minimum absolute atomic E-state index is 0.0215. The molecule has 2 aromatic carbocycles. The molecule has 0 heterocycles. The minimum Gasteiger partial charge on any atom is -0.488 e. The summed E-state index contributed by atoms with van der Waals surface area (Å²) in [6, 6.07) is 16.1. The van der Waals surface area contributed by atoms with Gasteiger partial charge in [0.2, 0.25) is 0 Å². The highest BCUT2D eigenvalue weighted by Gasteiger charge is 2.18. The van der Waals surface area contributed by atoms with Crippen molar-refractivity contribution in [2.24, 2.45) is 0 Å². The van der Waals surface area contributed by atoms with Crippen LogP contribution in [0.2, 0.25) is 0 Å². The number of hydrogen-bond acceptors (Lipinski definition) is 2. The third kappa shape index (κ3) is 5.09. The van der Waals surface area contributed by atoms with Crippen molar-refractivity contribution in [2.75, 3.05) is 0 Å². The van der Waals surface area contributed by atoms with Crippen molar-refractivity contribution in [1.82, 2.24) is 5.32 Å². The summed E-state index contributed by atoms with van der Waals surface area (Å²) in [5.41, 5.74) is 2.94. The molecule has 1 aliphatic rings. The van der Waals surface area contributed by atoms with Gasteiger partial charge in [-0.1, -0.05) is 67.6 Å². The fraction of sp³-hybridized carbons (Fsp3) is 0.409. The first kappa shape index (κ1) is 17.5. The van der Waals surface area contributed by atoms with Gasteiger partial charge in [0, 0.05) is 6.04 Å². The minimum atomic E-state index is -0.0215. The summed E-state index contributed by atoms with van der Waals surface area (Å²) in [7, 11) is 0. The molecule has 0 spiro atoms.